The number of aromatic amines is 1. The summed E-state index contributed by atoms with van der Waals surface area (Å²) in [5.74, 6) is 0.0303. The van der Waals surface area contributed by atoms with Crippen molar-refractivity contribution in [1.29, 1.82) is 0 Å². The predicted octanol–water partition coefficient (Wildman–Crippen LogP) is 5.25. The molecular weight excluding hydrogens is 492 g/mol. The number of H-pyrrole nitrogens is 1. The van der Waals surface area contributed by atoms with Crippen LogP contribution in [0, 0.1) is 0 Å². The number of benzene rings is 2. The number of thioether (sulfide) groups is 1. The Morgan fingerprint density at radius 1 is 1.17 bits per heavy atom. The Bertz CT molecular complexity index is 1320. The molecule has 184 valence electrons. The lowest BCUT2D eigenvalue weighted by atomic mass is 9.95. The van der Waals surface area contributed by atoms with Gasteiger partial charge >= 0.3 is 5.97 Å². The molecule has 7 nitrogen and oxygen atoms in total. The summed E-state index contributed by atoms with van der Waals surface area (Å²) in [6, 6.07) is 14.3. The van der Waals surface area contributed by atoms with Crippen molar-refractivity contribution in [1.82, 2.24) is 20.3 Å². The normalized spacial score (nSPS) is 12.3. The molecule has 0 saturated carbocycles. The van der Waals surface area contributed by atoms with Gasteiger partial charge in [0.25, 0.3) is 5.91 Å². The second-order valence-electron chi connectivity index (χ2n) is 8.03. The lowest BCUT2D eigenvalue weighted by Crippen LogP contribution is -2.41. The van der Waals surface area contributed by atoms with Crippen LogP contribution < -0.4 is 5.32 Å². The molecule has 0 unspecified atom stereocenters. The highest BCUT2D eigenvalue weighted by Crippen LogP contribution is 2.30. The van der Waals surface area contributed by atoms with Gasteiger partial charge in [0.1, 0.15) is 16.9 Å². The van der Waals surface area contributed by atoms with Crippen LogP contribution in [0.4, 0.5) is 0 Å². The summed E-state index contributed by atoms with van der Waals surface area (Å²) in [6.45, 7) is 0. The van der Waals surface area contributed by atoms with Crippen molar-refractivity contribution in [3.8, 4) is 11.1 Å². The van der Waals surface area contributed by atoms with Gasteiger partial charge in [0, 0.05) is 36.0 Å². The number of carbonyl (C=O) groups excluding carboxylic acids is 1. The number of carboxylic acid groups (broad SMARTS) is 1. The van der Waals surface area contributed by atoms with Crippen LogP contribution in [0.2, 0.25) is 0 Å². The summed E-state index contributed by atoms with van der Waals surface area (Å²) < 4.78 is 0. The van der Waals surface area contributed by atoms with Crippen LogP contribution in [0.5, 0.6) is 0 Å². The number of hydrogen-bond donors (Lipinski definition) is 3. The summed E-state index contributed by atoms with van der Waals surface area (Å²) in [5, 5.41) is 15.0. The third kappa shape index (κ3) is 6.50. The zero-order valence-corrected chi connectivity index (χ0v) is 21.3. The molecule has 0 aliphatic rings. The van der Waals surface area contributed by atoms with Crippen LogP contribution >= 0.6 is 23.1 Å². The lowest BCUT2D eigenvalue weighted by molar-refractivity contribution is -0.139. The monoisotopic (exact) mass is 518 g/mol. The third-order valence-corrected chi connectivity index (χ3v) is 7.06. The third-order valence-electron chi connectivity index (χ3n) is 5.56. The number of aliphatic carboxylic acids is 1. The molecular formula is C27H26N4O3S2. The van der Waals surface area contributed by atoms with E-state index in [0.29, 0.717) is 24.2 Å². The van der Waals surface area contributed by atoms with E-state index in [1.165, 1.54) is 0 Å². The first kappa shape index (κ1) is 25.4. The molecule has 4 aromatic rings. The van der Waals surface area contributed by atoms with Crippen molar-refractivity contribution >= 4 is 46.6 Å². The molecule has 0 aliphatic carbocycles. The summed E-state index contributed by atoms with van der Waals surface area (Å²) in [5.41, 5.74) is 4.15. The van der Waals surface area contributed by atoms with Crippen LogP contribution in [0.1, 0.15) is 33.2 Å². The second-order valence-corrected chi connectivity index (χ2v) is 9.91. The van der Waals surface area contributed by atoms with Crippen molar-refractivity contribution < 1.29 is 14.7 Å². The van der Waals surface area contributed by atoms with Gasteiger partial charge in [0.05, 0.1) is 0 Å². The summed E-state index contributed by atoms with van der Waals surface area (Å²) in [6.07, 6.45) is 10.2. The van der Waals surface area contributed by atoms with Gasteiger partial charge in [-0.1, -0.05) is 36.4 Å². The number of nitrogens with zero attached hydrogens (tertiary/aromatic N) is 2. The Morgan fingerprint density at radius 2 is 2.00 bits per heavy atom. The largest absolute Gasteiger partial charge is 0.480 e. The van der Waals surface area contributed by atoms with Crippen molar-refractivity contribution in [2.24, 2.45) is 0 Å². The molecule has 0 radical (unpaired) electrons. The van der Waals surface area contributed by atoms with E-state index in [-0.39, 0.29) is 0 Å². The highest BCUT2D eigenvalue weighted by Gasteiger charge is 2.21. The number of carbonyl (C=O) groups is 2. The first-order chi connectivity index (χ1) is 17.5. The zero-order chi connectivity index (χ0) is 25.3. The maximum atomic E-state index is 13.0. The lowest BCUT2D eigenvalue weighted by Gasteiger charge is -2.15. The van der Waals surface area contributed by atoms with E-state index in [1.54, 1.807) is 47.8 Å². The van der Waals surface area contributed by atoms with Gasteiger partial charge < -0.3 is 15.4 Å². The predicted molar refractivity (Wildman–Crippen MR) is 146 cm³/mol. The molecule has 4 rings (SSSR count). The fraction of sp³-hybridized carbons (Fsp3) is 0.185. The van der Waals surface area contributed by atoms with E-state index in [0.717, 1.165) is 33.1 Å². The van der Waals surface area contributed by atoms with E-state index < -0.39 is 17.9 Å². The van der Waals surface area contributed by atoms with Crippen LogP contribution in [0.15, 0.2) is 72.5 Å². The molecule has 0 bridgehead atoms. The van der Waals surface area contributed by atoms with Crippen molar-refractivity contribution in [3.05, 3.63) is 94.5 Å². The number of amides is 1. The van der Waals surface area contributed by atoms with Crippen molar-refractivity contribution in [3.63, 3.8) is 0 Å². The van der Waals surface area contributed by atoms with Gasteiger partial charge in [-0.15, -0.1) is 11.3 Å². The maximum absolute atomic E-state index is 13.0. The minimum atomic E-state index is -1.04. The smallest absolute Gasteiger partial charge is 0.326 e. The van der Waals surface area contributed by atoms with Gasteiger partial charge in [-0.25, -0.2) is 14.8 Å². The zero-order valence-electron chi connectivity index (χ0n) is 19.7. The Labute approximate surface area is 217 Å². The maximum Gasteiger partial charge on any atom is 0.326 e. The number of aromatic nitrogens is 3. The first-order valence-electron chi connectivity index (χ1n) is 11.4. The molecule has 0 spiro atoms. The summed E-state index contributed by atoms with van der Waals surface area (Å²) in [4.78, 5) is 36.7. The van der Waals surface area contributed by atoms with Crippen LogP contribution in [-0.2, 0) is 11.2 Å². The van der Waals surface area contributed by atoms with E-state index in [1.807, 2.05) is 54.1 Å². The molecule has 0 saturated heterocycles. The molecule has 36 heavy (non-hydrogen) atoms. The van der Waals surface area contributed by atoms with Crippen LogP contribution in [-0.4, -0.2) is 50.0 Å². The van der Waals surface area contributed by atoms with Crippen LogP contribution in [0.3, 0.4) is 0 Å². The SMILES string of the molecule is CSCC[C@H](NC(=O)c1ccc(C=C(Cc2ncc[nH]2)c2nccs2)c(-c2ccccc2)c1)C(=O)O. The van der Waals surface area contributed by atoms with Gasteiger partial charge in [-0.05, 0) is 58.9 Å². The Hall–Kier alpha value is -3.69. The fourth-order valence-electron chi connectivity index (χ4n) is 3.76. The molecule has 0 aliphatic heterocycles. The van der Waals surface area contributed by atoms with Crippen LogP contribution in [0.25, 0.3) is 22.8 Å². The highest BCUT2D eigenvalue weighted by atomic mass is 32.2. The summed E-state index contributed by atoms with van der Waals surface area (Å²) >= 11 is 3.10. The molecule has 9 heteroatoms. The number of rotatable bonds is 11. The minimum Gasteiger partial charge on any atom is -0.480 e. The Balaban J connectivity index is 1.72. The van der Waals surface area contributed by atoms with Gasteiger partial charge in [-0.3, -0.25) is 4.79 Å². The number of carboxylic acids is 1. The Kier molecular flexibility index (Phi) is 8.70. The molecule has 2 heterocycles. The van der Waals surface area contributed by atoms with Crippen molar-refractivity contribution in [2.75, 3.05) is 12.0 Å². The Morgan fingerprint density at radius 3 is 2.67 bits per heavy atom. The fourth-order valence-corrected chi connectivity index (χ4v) is 4.89. The standard InChI is InChI=1S/C27H26N4O3S2/c1-35-13-9-23(27(33)34)31-25(32)20-8-7-19(22(16-20)18-5-3-2-4-6-18)15-21(26-30-12-14-36-26)17-24-28-10-11-29-24/h2-8,10-12,14-16,23H,9,13,17H2,1H3,(H,28,29)(H,31,32)(H,33,34)/t23-/m0/s1. The number of thiazole rings is 1. The number of nitrogens with one attached hydrogen (secondary N) is 2. The average Bonchev–Trinajstić information content (AvgIpc) is 3.61. The van der Waals surface area contributed by atoms with E-state index in [9.17, 15) is 14.7 Å². The molecule has 2 aromatic heterocycles. The van der Waals surface area contributed by atoms with Gasteiger partial charge in [0.15, 0.2) is 0 Å². The quantitative estimate of drug-likeness (QED) is 0.250. The number of imidazole rings is 1. The van der Waals surface area contributed by atoms with E-state index in [2.05, 4.69) is 26.3 Å². The topological polar surface area (TPSA) is 108 Å². The van der Waals surface area contributed by atoms with E-state index >= 15 is 0 Å². The number of allylic oxidation sites excluding steroid dienone is 1. The second kappa shape index (κ2) is 12.3. The van der Waals surface area contributed by atoms with Crippen molar-refractivity contribution in [2.45, 2.75) is 18.9 Å². The molecule has 2 aromatic carbocycles. The van der Waals surface area contributed by atoms with Gasteiger partial charge in [-0.2, -0.15) is 11.8 Å². The summed E-state index contributed by atoms with van der Waals surface area (Å²) in [7, 11) is 0. The van der Waals surface area contributed by atoms with E-state index in [4.69, 9.17) is 0 Å². The molecule has 1 atom stereocenters. The molecule has 3 N–H and O–H groups in total. The minimum absolute atomic E-state index is 0.360. The van der Waals surface area contributed by atoms with Gasteiger partial charge in [0.2, 0.25) is 0 Å². The molecule has 0 fully saturated rings. The highest BCUT2D eigenvalue weighted by molar-refractivity contribution is 7.98. The molecule has 1 amide bonds. The number of hydrogen-bond acceptors (Lipinski definition) is 6. The average molecular weight is 519 g/mol. The first-order valence-corrected chi connectivity index (χ1v) is 13.6.